The van der Waals surface area contributed by atoms with Crippen LogP contribution in [0.4, 0.5) is 0 Å². The monoisotopic (exact) mass is 494 g/mol. The fraction of sp³-hybridized carbons (Fsp3) is 0.750. The van der Waals surface area contributed by atoms with E-state index in [0.717, 1.165) is 0 Å². The molecule has 2 heterocycles. The molecule has 0 aliphatic carbocycles. The Labute approximate surface area is 174 Å². The highest BCUT2D eigenvalue weighted by Crippen LogP contribution is 2.29. The molecule has 1 fully saturated rings. The van der Waals surface area contributed by atoms with E-state index >= 15 is 0 Å². The summed E-state index contributed by atoms with van der Waals surface area (Å²) in [7, 11) is -10.8. The van der Waals surface area contributed by atoms with Gasteiger partial charge in [-0.15, -0.1) is 0 Å². The Hall–Kier alpha value is -1.49. The van der Waals surface area contributed by atoms with Gasteiger partial charge in [0.25, 0.3) is 0 Å². The molecular formula is C12H16NO16S2-3. The fourth-order valence-corrected chi connectivity index (χ4v) is 3.87. The van der Waals surface area contributed by atoms with Gasteiger partial charge in [-0.2, -0.15) is 0 Å². The number of hydrogen-bond acceptors (Lipinski definition) is 16. The van der Waals surface area contributed by atoms with Gasteiger partial charge in [-0.05, 0) is 6.08 Å². The van der Waals surface area contributed by atoms with E-state index in [9.17, 15) is 56.3 Å². The minimum atomic E-state index is -5.52. The molecule has 8 atom stereocenters. The second-order valence-corrected chi connectivity index (χ2v) is 8.35. The summed E-state index contributed by atoms with van der Waals surface area (Å²) in [6.45, 7) is -1.01. The van der Waals surface area contributed by atoms with E-state index in [2.05, 4.69) is 4.18 Å². The van der Waals surface area contributed by atoms with Crippen molar-refractivity contribution < 1.29 is 74.7 Å². The first-order valence-corrected chi connectivity index (χ1v) is 10.8. The van der Waals surface area contributed by atoms with Crippen LogP contribution < -0.4 is 9.83 Å². The molecule has 2 aliphatic rings. The lowest BCUT2D eigenvalue weighted by atomic mass is 9.97. The third-order valence-corrected chi connectivity index (χ3v) is 5.06. The minimum absolute atomic E-state index is 0.417. The molecule has 0 aromatic carbocycles. The van der Waals surface area contributed by atoms with Crippen molar-refractivity contribution in [2.45, 2.75) is 49.1 Å². The molecule has 2 aliphatic heterocycles. The van der Waals surface area contributed by atoms with E-state index < -0.39 is 88.2 Å². The summed E-state index contributed by atoms with van der Waals surface area (Å²) in [6, 6.07) is -2.07. The maximum atomic E-state index is 11.0. The molecule has 0 radical (unpaired) electrons. The average Bonchev–Trinajstić information content (AvgIpc) is 2.61. The number of carboxylic acids is 1. The molecule has 5 N–H and O–H groups in total. The maximum Gasteiger partial charge on any atom is 0.231 e. The molecule has 0 bridgehead atoms. The molecule has 19 heteroatoms. The van der Waals surface area contributed by atoms with Crippen molar-refractivity contribution in [1.29, 1.82) is 0 Å². The van der Waals surface area contributed by atoms with Crippen molar-refractivity contribution in [2.24, 2.45) is 0 Å². The van der Waals surface area contributed by atoms with Crippen LogP contribution in [0.5, 0.6) is 0 Å². The van der Waals surface area contributed by atoms with Crippen LogP contribution in [0.15, 0.2) is 11.8 Å². The van der Waals surface area contributed by atoms with Crippen LogP contribution in [-0.4, -0.2) is 108 Å². The number of aliphatic hydroxyl groups excluding tert-OH is 4. The topological polar surface area (TPSA) is 284 Å². The normalized spacial score (nSPS) is 37.0. The summed E-state index contributed by atoms with van der Waals surface area (Å²) in [5, 5.41) is 50.4. The lowest BCUT2D eigenvalue weighted by Gasteiger charge is -2.45. The zero-order chi connectivity index (χ0) is 23.7. The van der Waals surface area contributed by atoms with Gasteiger partial charge in [0.15, 0.2) is 22.7 Å². The van der Waals surface area contributed by atoms with E-state index in [1.807, 2.05) is 0 Å². The maximum absolute atomic E-state index is 11.0. The van der Waals surface area contributed by atoms with Gasteiger partial charge in [-0.3, -0.25) is 4.18 Å². The number of ether oxygens (including phenoxy) is 3. The van der Waals surface area contributed by atoms with E-state index in [0.29, 0.717) is 6.08 Å². The van der Waals surface area contributed by atoms with E-state index in [-0.39, 0.29) is 0 Å². The first kappa shape index (κ1) is 25.8. The van der Waals surface area contributed by atoms with Crippen LogP contribution >= 0.6 is 0 Å². The van der Waals surface area contributed by atoms with Crippen LogP contribution in [0.25, 0.3) is 0 Å². The number of aliphatic hydroxyl groups is 4. The Morgan fingerprint density at radius 3 is 2.26 bits per heavy atom. The molecule has 0 amide bonds. The summed E-state index contributed by atoms with van der Waals surface area (Å²) < 4.78 is 85.6. The molecule has 0 saturated carbocycles. The number of nitrogens with one attached hydrogen (secondary N) is 1. The van der Waals surface area contributed by atoms with E-state index in [4.69, 9.17) is 14.2 Å². The molecule has 2 rings (SSSR count). The highest BCUT2D eigenvalue weighted by atomic mass is 32.3. The third-order valence-electron chi connectivity index (χ3n) is 4.04. The fourth-order valence-electron chi connectivity index (χ4n) is 2.80. The molecule has 0 spiro atoms. The molecule has 0 unspecified atom stereocenters. The van der Waals surface area contributed by atoms with Crippen LogP contribution in [0.3, 0.4) is 0 Å². The van der Waals surface area contributed by atoms with Crippen LogP contribution in [0.1, 0.15) is 0 Å². The second-order valence-electron chi connectivity index (χ2n) is 6.20. The smallest absolute Gasteiger partial charge is 0.231 e. The Balaban J connectivity index is 2.36. The Morgan fingerprint density at radius 2 is 1.77 bits per heavy atom. The highest BCUT2D eigenvalue weighted by Gasteiger charge is 2.49. The summed E-state index contributed by atoms with van der Waals surface area (Å²) in [6.07, 6.45) is -14.2. The predicted octanol–water partition coefficient (Wildman–Crippen LogP) is -6.94. The van der Waals surface area contributed by atoms with Gasteiger partial charge in [0.05, 0.1) is 6.61 Å². The molecule has 180 valence electrons. The Morgan fingerprint density at radius 1 is 1.16 bits per heavy atom. The van der Waals surface area contributed by atoms with Crippen molar-refractivity contribution >= 4 is 26.7 Å². The number of hydrogen-bond donors (Lipinski definition) is 5. The van der Waals surface area contributed by atoms with Crippen molar-refractivity contribution in [3.63, 3.8) is 0 Å². The molecule has 0 aromatic rings. The molecule has 31 heavy (non-hydrogen) atoms. The Bertz CT molecular complexity index is 902. The second kappa shape index (κ2) is 9.56. The number of aliphatic carboxylic acids is 1. The zero-order valence-electron chi connectivity index (χ0n) is 14.9. The standard InChI is InChI=1S/C12H19NO16S2/c14-2-5-9(7(16)6(11(19)26-5)13-30(20,21)22)28-12-8(29-31(23,24)25)3(15)1-4(27-12)10(17)18/h1,3,5-9,11-16,19H,2H2,(H,17,18)(H,20,21,22)(H,23,24,25)/p-3/t3-,5+,6+,7+,8+,9+,11-,12-/m0/s1. The van der Waals surface area contributed by atoms with Crippen molar-refractivity contribution in [3.8, 4) is 0 Å². The molecule has 1 saturated heterocycles. The number of carbonyl (C=O) groups excluding carboxylic acids is 1. The first-order valence-electron chi connectivity index (χ1n) is 8.06. The predicted molar refractivity (Wildman–Crippen MR) is 84.0 cm³/mol. The van der Waals surface area contributed by atoms with E-state index in [1.165, 1.54) is 4.72 Å². The van der Waals surface area contributed by atoms with Crippen LogP contribution in [0, 0.1) is 0 Å². The van der Waals surface area contributed by atoms with Crippen molar-refractivity contribution in [2.75, 3.05) is 6.61 Å². The van der Waals surface area contributed by atoms with Gasteiger partial charge in [0.1, 0.15) is 42.2 Å². The van der Waals surface area contributed by atoms with Crippen molar-refractivity contribution in [3.05, 3.63) is 11.8 Å². The van der Waals surface area contributed by atoms with Gasteiger partial charge in [-0.1, -0.05) is 0 Å². The lowest BCUT2D eigenvalue weighted by Crippen LogP contribution is -2.66. The molecular weight excluding hydrogens is 478 g/mol. The SMILES string of the molecule is O=C([O-])C1=C[C@H](O)[C@@H](OS(=O)(=O)[O-])[C@H](O[C@H]2[C@H](O)[C@@H](NS(=O)(=O)[O-])[C@@H](O)O[C@@H]2CO)O1. The van der Waals surface area contributed by atoms with Gasteiger partial charge < -0.3 is 53.6 Å². The quantitative estimate of drug-likeness (QED) is 0.155. The molecule has 0 aromatic heterocycles. The summed E-state index contributed by atoms with van der Waals surface area (Å²) in [5.74, 6) is -3.10. The van der Waals surface area contributed by atoms with Gasteiger partial charge in [0, 0.05) is 0 Å². The first-order chi connectivity index (χ1) is 14.1. The van der Waals surface area contributed by atoms with Crippen LogP contribution in [0.2, 0.25) is 0 Å². The lowest BCUT2D eigenvalue weighted by molar-refractivity contribution is -0.320. The highest BCUT2D eigenvalue weighted by molar-refractivity contribution is 7.83. The van der Waals surface area contributed by atoms with Gasteiger partial charge in [-0.25, -0.2) is 21.6 Å². The molecule has 17 nitrogen and oxygen atoms in total. The van der Waals surface area contributed by atoms with Crippen LogP contribution in [-0.2, 0) is 43.9 Å². The summed E-state index contributed by atoms with van der Waals surface area (Å²) in [5.41, 5.74) is 0. The number of carboxylic acid groups (broad SMARTS) is 1. The Kier molecular flexibility index (Phi) is 7.95. The van der Waals surface area contributed by atoms with E-state index in [1.54, 1.807) is 0 Å². The minimum Gasteiger partial charge on any atom is -0.735 e. The number of rotatable bonds is 8. The summed E-state index contributed by atoms with van der Waals surface area (Å²) >= 11 is 0. The van der Waals surface area contributed by atoms with Gasteiger partial charge in [0.2, 0.25) is 16.7 Å². The summed E-state index contributed by atoms with van der Waals surface area (Å²) in [4.78, 5) is 11.0. The largest absolute Gasteiger partial charge is 0.735 e. The van der Waals surface area contributed by atoms with Gasteiger partial charge >= 0.3 is 0 Å². The average molecular weight is 494 g/mol. The van der Waals surface area contributed by atoms with Crippen molar-refractivity contribution in [1.82, 2.24) is 4.72 Å². The zero-order valence-corrected chi connectivity index (χ0v) is 16.5. The third kappa shape index (κ3) is 6.74. The number of carbonyl (C=O) groups is 1.